The van der Waals surface area contributed by atoms with E-state index in [1.807, 2.05) is 17.5 Å². The van der Waals surface area contributed by atoms with Gasteiger partial charge < -0.3 is 4.74 Å². The second-order valence-corrected chi connectivity index (χ2v) is 7.13. The van der Waals surface area contributed by atoms with Crippen LogP contribution in [0.1, 0.15) is 5.69 Å². The molecule has 0 spiro atoms. The van der Waals surface area contributed by atoms with Gasteiger partial charge in [-0.05, 0) is 12.1 Å². The molecule has 114 valence electrons. The van der Waals surface area contributed by atoms with E-state index in [1.165, 1.54) is 18.4 Å². The third-order valence-electron chi connectivity index (χ3n) is 2.72. The van der Waals surface area contributed by atoms with Gasteiger partial charge in [0.2, 0.25) is 10.0 Å². The van der Waals surface area contributed by atoms with Gasteiger partial charge in [-0.15, -0.1) is 11.3 Å². The van der Waals surface area contributed by atoms with E-state index in [4.69, 9.17) is 4.74 Å². The molecule has 2 heterocycles. The minimum atomic E-state index is -3.27. The summed E-state index contributed by atoms with van der Waals surface area (Å²) in [5, 5.41) is 2.83. The number of ether oxygens (including phenoxy) is 1. The zero-order valence-electron chi connectivity index (χ0n) is 11.7. The highest BCUT2D eigenvalue weighted by atomic mass is 32.2. The number of nitrogens with zero attached hydrogens (tertiary/aromatic N) is 2. The SMILES string of the molecule is COCCS(=O)(=O)NCCc1csc(-c2cccnc2)n1. The molecule has 0 fully saturated rings. The van der Waals surface area contributed by atoms with Crippen LogP contribution >= 0.6 is 11.3 Å². The quantitative estimate of drug-likeness (QED) is 0.791. The van der Waals surface area contributed by atoms with Gasteiger partial charge in [-0.1, -0.05) is 0 Å². The van der Waals surface area contributed by atoms with Crippen molar-refractivity contribution >= 4 is 21.4 Å². The maximum absolute atomic E-state index is 11.6. The molecule has 2 aromatic heterocycles. The molecule has 0 aliphatic heterocycles. The smallest absolute Gasteiger partial charge is 0.213 e. The van der Waals surface area contributed by atoms with Gasteiger partial charge in [-0.25, -0.2) is 18.1 Å². The van der Waals surface area contributed by atoms with Gasteiger partial charge in [0.25, 0.3) is 0 Å². The van der Waals surface area contributed by atoms with Crippen LogP contribution in [0.4, 0.5) is 0 Å². The lowest BCUT2D eigenvalue weighted by molar-refractivity contribution is 0.217. The summed E-state index contributed by atoms with van der Waals surface area (Å²) < 4.78 is 30.5. The molecule has 0 unspecified atom stereocenters. The molecule has 2 rings (SSSR count). The van der Waals surface area contributed by atoms with Crippen molar-refractivity contribution in [3.8, 4) is 10.6 Å². The molecule has 0 aromatic carbocycles. The number of hydrogen-bond acceptors (Lipinski definition) is 6. The molecule has 1 N–H and O–H groups in total. The Balaban J connectivity index is 1.86. The molecular weight excluding hydrogens is 310 g/mol. The van der Waals surface area contributed by atoms with Crippen LogP contribution in [0.3, 0.4) is 0 Å². The van der Waals surface area contributed by atoms with Crippen LogP contribution in [0.2, 0.25) is 0 Å². The molecule has 2 aromatic rings. The summed E-state index contributed by atoms with van der Waals surface area (Å²) in [6.45, 7) is 0.527. The molecule has 0 aliphatic rings. The van der Waals surface area contributed by atoms with Gasteiger partial charge >= 0.3 is 0 Å². The fraction of sp³-hybridized carbons (Fsp3) is 0.385. The van der Waals surface area contributed by atoms with Crippen LogP contribution in [0, 0.1) is 0 Å². The van der Waals surface area contributed by atoms with E-state index in [1.54, 1.807) is 12.4 Å². The first-order valence-electron chi connectivity index (χ1n) is 6.42. The highest BCUT2D eigenvalue weighted by molar-refractivity contribution is 7.89. The highest BCUT2D eigenvalue weighted by Gasteiger charge is 2.10. The maximum atomic E-state index is 11.6. The predicted octanol–water partition coefficient (Wildman–Crippen LogP) is 1.31. The van der Waals surface area contributed by atoms with Crippen LogP contribution in [-0.4, -0.2) is 44.4 Å². The van der Waals surface area contributed by atoms with E-state index < -0.39 is 10.0 Å². The Hall–Kier alpha value is -1.35. The number of methoxy groups -OCH3 is 1. The first-order chi connectivity index (χ1) is 10.1. The molecule has 0 atom stereocenters. The second-order valence-electron chi connectivity index (χ2n) is 4.34. The summed E-state index contributed by atoms with van der Waals surface area (Å²) in [7, 11) is -1.79. The standard InChI is InChI=1S/C13H17N3O3S2/c1-19-7-8-21(17,18)15-6-4-12-10-20-13(16-12)11-3-2-5-14-9-11/h2-3,5,9-10,15H,4,6-8H2,1H3. The summed E-state index contributed by atoms with van der Waals surface area (Å²) in [5.41, 5.74) is 1.84. The lowest BCUT2D eigenvalue weighted by Gasteiger charge is -2.04. The second kappa shape index (κ2) is 7.60. The number of hydrogen-bond donors (Lipinski definition) is 1. The highest BCUT2D eigenvalue weighted by Crippen LogP contribution is 2.22. The lowest BCUT2D eigenvalue weighted by Crippen LogP contribution is -2.30. The summed E-state index contributed by atoms with van der Waals surface area (Å²) in [6, 6.07) is 3.81. The van der Waals surface area contributed by atoms with E-state index in [9.17, 15) is 8.42 Å². The number of thiazole rings is 1. The van der Waals surface area contributed by atoms with E-state index in [0.717, 1.165) is 16.3 Å². The average Bonchev–Trinajstić information content (AvgIpc) is 2.95. The van der Waals surface area contributed by atoms with Crippen LogP contribution in [-0.2, 0) is 21.2 Å². The molecular formula is C13H17N3O3S2. The van der Waals surface area contributed by atoms with Crippen molar-refractivity contribution in [1.82, 2.24) is 14.7 Å². The number of rotatable bonds is 8. The number of pyridine rings is 1. The molecule has 0 saturated heterocycles. The largest absolute Gasteiger partial charge is 0.384 e. The Morgan fingerprint density at radius 2 is 2.29 bits per heavy atom. The molecule has 8 heteroatoms. The summed E-state index contributed by atoms with van der Waals surface area (Å²) in [5.74, 6) is -0.0263. The van der Waals surface area contributed by atoms with Crippen LogP contribution < -0.4 is 4.72 Å². The van der Waals surface area contributed by atoms with Crippen molar-refractivity contribution in [3.05, 3.63) is 35.6 Å². The molecule has 0 saturated carbocycles. The third kappa shape index (κ3) is 5.16. The lowest BCUT2D eigenvalue weighted by atomic mass is 10.3. The van der Waals surface area contributed by atoms with Crippen LogP contribution in [0.5, 0.6) is 0 Å². The fourth-order valence-electron chi connectivity index (χ4n) is 1.64. The zero-order valence-corrected chi connectivity index (χ0v) is 13.3. The molecule has 0 radical (unpaired) electrons. The molecule has 6 nitrogen and oxygen atoms in total. The maximum Gasteiger partial charge on any atom is 0.213 e. The Morgan fingerprint density at radius 1 is 1.43 bits per heavy atom. The molecule has 0 bridgehead atoms. The summed E-state index contributed by atoms with van der Waals surface area (Å²) in [6.07, 6.45) is 4.03. The van der Waals surface area contributed by atoms with E-state index in [-0.39, 0.29) is 12.4 Å². The normalized spacial score (nSPS) is 11.7. The summed E-state index contributed by atoms with van der Waals surface area (Å²) >= 11 is 1.53. The van der Waals surface area contributed by atoms with Crippen molar-refractivity contribution in [2.75, 3.05) is 26.0 Å². The fourth-order valence-corrected chi connectivity index (χ4v) is 3.43. The topological polar surface area (TPSA) is 81.2 Å². The van der Waals surface area contributed by atoms with Gasteiger partial charge in [-0.3, -0.25) is 4.98 Å². The summed E-state index contributed by atoms with van der Waals surface area (Å²) in [4.78, 5) is 8.54. The van der Waals surface area contributed by atoms with E-state index >= 15 is 0 Å². The van der Waals surface area contributed by atoms with Gasteiger partial charge in [0.05, 0.1) is 18.1 Å². The van der Waals surface area contributed by atoms with Gasteiger partial charge in [0.1, 0.15) is 5.01 Å². The zero-order chi connectivity index (χ0) is 15.1. The number of nitrogens with one attached hydrogen (secondary N) is 1. The Labute approximate surface area is 128 Å². The van der Waals surface area contributed by atoms with Gasteiger partial charge in [0, 0.05) is 43.4 Å². The molecule has 0 amide bonds. The molecule has 0 aliphatic carbocycles. The Kier molecular flexibility index (Phi) is 5.80. The minimum Gasteiger partial charge on any atom is -0.384 e. The van der Waals surface area contributed by atoms with Crippen molar-refractivity contribution < 1.29 is 13.2 Å². The number of aromatic nitrogens is 2. The first kappa shape index (κ1) is 16.0. The van der Waals surface area contributed by atoms with Crippen molar-refractivity contribution in [1.29, 1.82) is 0 Å². The number of sulfonamides is 1. The molecule has 21 heavy (non-hydrogen) atoms. The van der Waals surface area contributed by atoms with E-state index in [0.29, 0.717) is 13.0 Å². The van der Waals surface area contributed by atoms with Crippen LogP contribution in [0.25, 0.3) is 10.6 Å². The van der Waals surface area contributed by atoms with Crippen molar-refractivity contribution in [2.24, 2.45) is 0 Å². The van der Waals surface area contributed by atoms with Gasteiger partial charge in [0.15, 0.2) is 0 Å². The Bertz CT molecular complexity index is 656. The van der Waals surface area contributed by atoms with Crippen molar-refractivity contribution in [2.45, 2.75) is 6.42 Å². The monoisotopic (exact) mass is 327 g/mol. The van der Waals surface area contributed by atoms with Crippen molar-refractivity contribution in [3.63, 3.8) is 0 Å². The predicted molar refractivity (Wildman–Crippen MR) is 82.7 cm³/mol. The average molecular weight is 327 g/mol. The van der Waals surface area contributed by atoms with E-state index in [2.05, 4.69) is 14.7 Å². The first-order valence-corrected chi connectivity index (χ1v) is 8.95. The van der Waals surface area contributed by atoms with Crippen LogP contribution in [0.15, 0.2) is 29.9 Å². The Morgan fingerprint density at radius 3 is 3.00 bits per heavy atom. The minimum absolute atomic E-state index is 0.0263. The van der Waals surface area contributed by atoms with Gasteiger partial charge in [-0.2, -0.15) is 0 Å². The third-order valence-corrected chi connectivity index (χ3v) is 5.01.